The lowest BCUT2D eigenvalue weighted by Gasteiger charge is -2.33. The van der Waals surface area contributed by atoms with Crippen molar-refractivity contribution in [3.05, 3.63) is 0 Å². The molecule has 0 aromatic heterocycles. The highest BCUT2D eigenvalue weighted by molar-refractivity contribution is 7.91. The number of likely N-dealkylation sites (tertiary alicyclic amines) is 1. The molecule has 0 radical (unpaired) electrons. The second-order valence-electron chi connectivity index (χ2n) is 5.76. The fourth-order valence-electron chi connectivity index (χ4n) is 2.96. The van der Waals surface area contributed by atoms with Crippen molar-refractivity contribution in [1.82, 2.24) is 15.5 Å². The quantitative estimate of drug-likeness (QED) is 0.678. The van der Waals surface area contributed by atoms with E-state index in [0.717, 1.165) is 12.8 Å². The Hall–Kier alpha value is -1.15. The minimum Gasteiger partial charge on any atom is -0.359 e. The molecule has 2 fully saturated rings. The summed E-state index contributed by atoms with van der Waals surface area (Å²) in [5.41, 5.74) is 0. The summed E-state index contributed by atoms with van der Waals surface area (Å²) in [4.78, 5) is 25.6. The van der Waals surface area contributed by atoms with Crippen LogP contribution < -0.4 is 10.6 Å². The van der Waals surface area contributed by atoms with Crippen LogP contribution in [0.15, 0.2) is 0 Å². The SMILES string of the molecule is CNC(=O)C1CCCN(C(=O)CC2CS(=O)(=O)CCN2)C1. The molecule has 0 spiro atoms. The van der Waals surface area contributed by atoms with Crippen molar-refractivity contribution in [2.45, 2.75) is 25.3 Å². The maximum absolute atomic E-state index is 12.3. The van der Waals surface area contributed by atoms with Gasteiger partial charge in [0, 0.05) is 39.1 Å². The van der Waals surface area contributed by atoms with Crippen molar-refractivity contribution >= 4 is 21.7 Å². The zero-order valence-electron chi connectivity index (χ0n) is 12.3. The Morgan fingerprint density at radius 1 is 1.38 bits per heavy atom. The van der Waals surface area contributed by atoms with Gasteiger partial charge in [-0.25, -0.2) is 8.42 Å². The molecule has 120 valence electrons. The fraction of sp³-hybridized carbons (Fsp3) is 0.846. The Kier molecular flexibility index (Phi) is 5.21. The maximum atomic E-state index is 12.3. The molecular weight excluding hydrogens is 294 g/mol. The average molecular weight is 317 g/mol. The maximum Gasteiger partial charge on any atom is 0.224 e. The highest BCUT2D eigenvalue weighted by atomic mass is 32.2. The summed E-state index contributed by atoms with van der Waals surface area (Å²) in [5, 5.41) is 5.70. The highest BCUT2D eigenvalue weighted by Crippen LogP contribution is 2.18. The molecule has 8 heteroatoms. The van der Waals surface area contributed by atoms with Crippen LogP contribution in [0, 0.1) is 5.92 Å². The second kappa shape index (κ2) is 6.74. The molecule has 2 aliphatic rings. The van der Waals surface area contributed by atoms with Gasteiger partial charge in [0.2, 0.25) is 11.8 Å². The van der Waals surface area contributed by atoms with E-state index in [4.69, 9.17) is 0 Å². The molecule has 2 amide bonds. The Labute approximate surface area is 125 Å². The van der Waals surface area contributed by atoms with Crippen molar-refractivity contribution in [3.63, 3.8) is 0 Å². The summed E-state index contributed by atoms with van der Waals surface area (Å²) < 4.78 is 23.2. The third-order valence-electron chi connectivity index (χ3n) is 4.11. The molecular formula is C13H23N3O4S. The van der Waals surface area contributed by atoms with E-state index in [2.05, 4.69) is 10.6 Å². The molecule has 2 atom stereocenters. The lowest BCUT2D eigenvalue weighted by atomic mass is 9.96. The summed E-state index contributed by atoms with van der Waals surface area (Å²) in [6.45, 7) is 1.48. The number of amides is 2. The first-order valence-corrected chi connectivity index (χ1v) is 9.16. The number of nitrogens with zero attached hydrogens (tertiary/aromatic N) is 1. The number of nitrogens with one attached hydrogen (secondary N) is 2. The van der Waals surface area contributed by atoms with E-state index in [-0.39, 0.29) is 41.7 Å². The van der Waals surface area contributed by atoms with Gasteiger partial charge >= 0.3 is 0 Å². The second-order valence-corrected chi connectivity index (χ2v) is 7.99. The predicted octanol–water partition coefficient (Wildman–Crippen LogP) is -1.25. The molecule has 2 rings (SSSR count). The number of sulfone groups is 1. The van der Waals surface area contributed by atoms with Crippen molar-refractivity contribution in [2.75, 3.05) is 38.2 Å². The largest absolute Gasteiger partial charge is 0.359 e. The van der Waals surface area contributed by atoms with E-state index >= 15 is 0 Å². The number of carbonyl (C=O) groups excluding carboxylic acids is 2. The van der Waals surface area contributed by atoms with Crippen LogP contribution in [0.25, 0.3) is 0 Å². The third-order valence-corrected chi connectivity index (χ3v) is 5.85. The Balaban J connectivity index is 1.89. The normalized spacial score (nSPS) is 28.9. The van der Waals surface area contributed by atoms with Gasteiger partial charge < -0.3 is 15.5 Å². The van der Waals surface area contributed by atoms with E-state index in [1.807, 2.05) is 0 Å². The molecule has 2 N–H and O–H groups in total. The smallest absolute Gasteiger partial charge is 0.224 e. The number of rotatable bonds is 3. The number of piperidine rings is 1. The monoisotopic (exact) mass is 317 g/mol. The van der Waals surface area contributed by atoms with Gasteiger partial charge in [-0.05, 0) is 12.8 Å². The van der Waals surface area contributed by atoms with Gasteiger partial charge in [0.1, 0.15) is 0 Å². The van der Waals surface area contributed by atoms with E-state index in [1.165, 1.54) is 0 Å². The lowest BCUT2D eigenvalue weighted by Crippen LogP contribution is -2.50. The zero-order valence-corrected chi connectivity index (χ0v) is 13.1. The van der Waals surface area contributed by atoms with E-state index in [9.17, 15) is 18.0 Å². The predicted molar refractivity (Wildman–Crippen MR) is 78.4 cm³/mol. The molecule has 0 aliphatic carbocycles. The van der Waals surface area contributed by atoms with Gasteiger partial charge in [-0.1, -0.05) is 0 Å². The van der Waals surface area contributed by atoms with Crippen LogP contribution in [0.4, 0.5) is 0 Å². The third kappa shape index (κ3) is 4.41. The van der Waals surface area contributed by atoms with Crippen molar-refractivity contribution in [2.24, 2.45) is 5.92 Å². The number of carbonyl (C=O) groups is 2. The molecule has 0 aromatic carbocycles. The van der Waals surface area contributed by atoms with Crippen molar-refractivity contribution in [1.29, 1.82) is 0 Å². The molecule has 2 aliphatic heterocycles. The van der Waals surface area contributed by atoms with Gasteiger partial charge in [-0.2, -0.15) is 0 Å². The minimum absolute atomic E-state index is 0.0193. The molecule has 0 aromatic rings. The molecule has 2 unspecified atom stereocenters. The first kappa shape index (κ1) is 16.2. The van der Waals surface area contributed by atoms with Gasteiger partial charge in [0.05, 0.1) is 17.4 Å². The molecule has 21 heavy (non-hydrogen) atoms. The molecule has 0 bridgehead atoms. The number of hydrogen-bond donors (Lipinski definition) is 2. The van der Waals surface area contributed by atoms with Gasteiger partial charge in [0.15, 0.2) is 9.84 Å². The number of hydrogen-bond acceptors (Lipinski definition) is 5. The molecule has 2 saturated heterocycles. The van der Waals surface area contributed by atoms with Gasteiger partial charge in [0.25, 0.3) is 0 Å². The Bertz CT molecular complexity index is 506. The first-order chi connectivity index (χ1) is 9.91. The average Bonchev–Trinajstić information content (AvgIpc) is 2.45. The highest BCUT2D eigenvalue weighted by Gasteiger charge is 2.31. The van der Waals surface area contributed by atoms with Crippen LogP contribution in [0.2, 0.25) is 0 Å². The summed E-state index contributed by atoms with van der Waals surface area (Å²) in [5.74, 6) is -0.106. The minimum atomic E-state index is -3.03. The fourth-order valence-corrected chi connectivity index (χ4v) is 4.40. The van der Waals surface area contributed by atoms with E-state index < -0.39 is 9.84 Å². The van der Waals surface area contributed by atoms with Gasteiger partial charge in [-0.3, -0.25) is 9.59 Å². The summed E-state index contributed by atoms with van der Waals surface area (Å²) in [6.07, 6.45) is 1.78. The summed E-state index contributed by atoms with van der Waals surface area (Å²) in [7, 11) is -1.44. The molecule has 7 nitrogen and oxygen atoms in total. The van der Waals surface area contributed by atoms with E-state index in [0.29, 0.717) is 19.6 Å². The molecule has 2 heterocycles. The van der Waals surface area contributed by atoms with E-state index in [1.54, 1.807) is 11.9 Å². The van der Waals surface area contributed by atoms with Crippen LogP contribution in [-0.2, 0) is 19.4 Å². The molecule has 0 saturated carbocycles. The zero-order chi connectivity index (χ0) is 15.5. The van der Waals surface area contributed by atoms with Crippen LogP contribution in [0.3, 0.4) is 0 Å². The standard InChI is InChI=1S/C13H23N3O4S/c1-14-13(18)10-3-2-5-16(8-10)12(17)7-11-9-21(19,20)6-4-15-11/h10-11,15H,2-9H2,1H3,(H,14,18). The Morgan fingerprint density at radius 2 is 2.14 bits per heavy atom. The first-order valence-electron chi connectivity index (χ1n) is 7.34. The van der Waals surface area contributed by atoms with Crippen LogP contribution >= 0.6 is 0 Å². The topological polar surface area (TPSA) is 95.6 Å². The lowest BCUT2D eigenvalue weighted by molar-refractivity contribution is -0.135. The van der Waals surface area contributed by atoms with Gasteiger partial charge in [-0.15, -0.1) is 0 Å². The summed E-state index contributed by atoms with van der Waals surface area (Å²) >= 11 is 0. The Morgan fingerprint density at radius 3 is 2.81 bits per heavy atom. The van der Waals surface area contributed by atoms with Crippen LogP contribution in [0.5, 0.6) is 0 Å². The summed E-state index contributed by atoms with van der Waals surface area (Å²) in [6, 6.07) is -0.309. The van der Waals surface area contributed by atoms with Crippen molar-refractivity contribution < 1.29 is 18.0 Å². The van der Waals surface area contributed by atoms with Crippen LogP contribution in [-0.4, -0.2) is 69.4 Å². The van der Waals surface area contributed by atoms with Crippen molar-refractivity contribution in [3.8, 4) is 0 Å². The van der Waals surface area contributed by atoms with Crippen LogP contribution in [0.1, 0.15) is 19.3 Å².